The van der Waals surface area contributed by atoms with Crippen molar-refractivity contribution in [3.8, 4) is 11.3 Å². The number of rotatable bonds is 7. The number of pyridine rings is 1. The zero-order chi connectivity index (χ0) is 25.1. The lowest BCUT2D eigenvalue weighted by atomic mass is 10.1. The Morgan fingerprint density at radius 1 is 1.00 bits per heavy atom. The van der Waals surface area contributed by atoms with Crippen LogP contribution in [0.25, 0.3) is 22.3 Å². The Hall–Kier alpha value is -4.26. The number of benzene rings is 2. The number of carbonyl (C=O) groups excluding carboxylic acids is 3. The van der Waals surface area contributed by atoms with E-state index in [1.54, 1.807) is 11.8 Å². The van der Waals surface area contributed by atoms with Gasteiger partial charge in [0.05, 0.1) is 17.5 Å². The monoisotopic (exact) mass is 480 g/mol. The molecule has 0 bridgehead atoms. The van der Waals surface area contributed by atoms with Crippen LogP contribution in [0.2, 0.25) is 0 Å². The van der Waals surface area contributed by atoms with E-state index in [2.05, 4.69) is 15.3 Å². The van der Waals surface area contributed by atoms with Gasteiger partial charge in [-0.15, -0.1) is 0 Å². The maximum Gasteiger partial charge on any atom is 0.247 e. The zero-order valence-electron chi connectivity index (χ0n) is 20.2. The smallest absolute Gasteiger partial charge is 0.247 e. The van der Waals surface area contributed by atoms with E-state index in [1.807, 2.05) is 72.8 Å². The van der Waals surface area contributed by atoms with Crippen LogP contribution in [0.15, 0.2) is 72.8 Å². The molecule has 0 radical (unpaired) electrons. The van der Waals surface area contributed by atoms with Crippen molar-refractivity contribution in [3.63, 3.8) is 0 Å². The second kappa shape index (κ2) is 10.2. The molecule has 4 aromatic rings. The Morgan fingerprint density at radius 3 is 2.53 bits per heavy atom. The van der Waals surface area contributed by atoms with E-state index in [0.717, 1.165) is 40.0 Å². The first-order chi connectivity index (χ1) is 17.5. The van der Waals surface area contributed by atoms with Gasteiger partial charge >= 0.3 is 0 Å². The normalized spacial score (nSPS) is 15.2. The third kappa shape index (κ3) is 5.20. The minimum absolute atomic E-state index is 0.0203. The van der Waals surface area contributed by atoms with Gasteiger partial charge < -0.3 is 15.2 Å². The first-order valence-corrected chi connectivity index (χ1v) is 12.2. The number of likely N-dealkylation sites (tertiary alicyclic amines) is 1. The van der Waals surface area contributed by atoms with Crippen LogP contribution in [0.3, 0.4) is 0 Å². The molecule has 2 N–H and O–H groups in total. The van der Waals surface area contributed by atoms with Crippen molar-refractivity contribution in [1.29, 1.82) is 0 Å². The molecule has 1 saturated heterocycles. The second-order valence-corrected chi connectivity index (χ2v) is 9.27. The van der Waals surface area contributed by atoms with Crippen molar-refractivity contribution in [2.45, 2.75) is 38.6 Å². The summed E-state index contributed by atoms with van der Waals surface area (Å²) in [6, 6.07) is 22.5. The highest BCUT2D eigenvalue weighted by Gasteiger charge is 2.33. The first-order valence-electron chi connectivity index (χ1n) is 12.2. The third-order valence-corrected chi connectivity index (χ3v) is 6.50. The Labute approximate surface area is 209 Å². The number of anilines is 1. The number of hydrogen-bond donors (Lipinski definition) is 2. The largest absolute Gasteiger partial charge is 0.353 e. The molecule has 7 nitrogen and oxygen atoms in total. The summed E-state index contributed by atoms with van der Waals surface area (Å²) in [5.41, 5.74) is 5.96. The Bertz CT molecular complexity index is 1410. The van der Waals surface area contributed by atoms with Crippen LogP contribution < -0.4 is 5.32 Å². The molecule has 1 fully saturated rings. The number of amides is 2. The number of ketones is 1. The van der Waals surface area contributed by atoms with Crippen LogP contribution in [-0.2, 0) is 27.2 Å². The van der Waals surface area contributed by atoms with E-state index < -0.39 is 6.04 Å². The minimum atomic E-state index is -0.454. The average Bonchev–Trinajstić information content (AvgIpc) is 3.52. The van der Waals surface area contributed by atoms with Gasteiger partial charge in [-0.25, -0.2) is 0 Å². The summed E-state index contributed by atoms with van der Waals surface area (Å²) in [6.45, 7) is 2.16. The van der Waals surface area contributed by atoms with E-state index in [4.69, 9.17) is 0 Å². The molecular formula is C29H28N4O3. The van der Waals surface area contributed by atoms with Crippen molar-refractivity contribution >= 4 is 34.3 Å². The van der Waals surface area contributed by atoms with Crippen LogP contribution in [-0.4, -0.2) is 45.1 Å². The van der Waals surface area contributed by atoms with Gasteiger partial charge in [0.25, 0.3) is 0 Å². The lowest BCUT2D eigenvalue weighted by Crippen LogP contribution is -2.43. The number of fused-ring (bicyclic) bond motifs is 1. The summed E-state index contributed by atoms with van der Waals surface area (Å²) < 4.78 is 0. The highest BCUT2D eigenvalue weighted by atomic mass is 16.2. The minimum Gasteiger partial charge on any atom is -0.353 e. The van der Waals surface area contributed by atoms with Gasteiger partial charge in [0.15, 0.2) is 0 Å². The van der Waals surface area contributed by atoms with Crippen LogP contribution in [0, 0.1) is 0 Å². The van der Waals surface area contributed by atoms with E-state index in [-0.39, 0.29) is 17.6 Å². The zero-order valence-corrected chi connectivity index (χ0v) is 20.2. The van der Waals surface area contributed by atoms with E-state index in [0.29, 0.717) is 31.5 Å². The fourth-order valence-electron chi connectivity index (χ4n) is 4.73. The molecule has 36 heavy (non-hydrogen) atoms. The molecule has 1 atom stereocenters. The van der Waals surface area contributed by atoms with Crippen molar-refractivity contribution in [1.82, 2.24) is 14.9 Å². The standard InChI is InChI=1S/C29H28N4O3/c1-19(34)16-23-13-14-24-26(30-23)18-25(32-24)21-9-11-22(12-10-21)31-29(36)27-8-5-15-33(27)28(35)17-20-6-3-2-4-7-20/h2-4,6-7,9-14,18,27,32H,5,8,15-17H2,1H3,(H,31,36)/t27-/m0/s1. The van der Waals surface area contributed by atoms with Gasteiger partial charge in [0.1, 0.15) is 11.8 Å². The van der Waals surface area contributed by atoms with Crippen molar-refractivity contribution in [3.05, 3.63) is 84.1 Å². The highest BCUT2D eigenvalue weighted by molar-refractivity contribution is 5.98. The summed E-state index contributed by atoms with van der Waals surface area (Å²) >= 11 is 0. The van der Waals surface area contributed by atoms with Crippen LogP contribution in [0.5, 0.6) is 0 Å². The van der Waals surface area contributed by atoms with E-state index in [1.165, 1.54) is 0 Å². The van der Waals surface area contributed by atoms with Gasteiger partial charge in [-0.3, -0.25) is 19.4 Å². The Kier molecular flexibility index (Phi) is 6.62. The average molecular weight is 481 g/mol. The molecule has 0 saturated carbocycles. The molecule has 0 unspecified atom stereocenters. The lowest BCUT2D eigenvalue weighted by molar-refractivity contribution is -0.136. The number of aromatic nitrogens is 2. The molecule has 1 aliphatic heterocycles. The van der Waals surface area contributed by atoms with Crippen molar-refractivity contribution in [2.75, 3.05) is 11.9 Å². The molecule has 0 aliphatic carbocycles. The van der Waals surface area contributed by atoms with Gasteiger partial charge in [-0.05, 0) is 61.2 Å². The topological polar surface area (TPSA) is 95.2 Å². The first kappa shape index (κ1) is 23.5. The lowest BCUT2D eigenvalue weighted by Gasteiger charge is -2.24. The number of nitrogens with one attached hydrogen (secondary N) is 2. The number of Topliss-reactive ketones (excluding diaryl/α,β-unsaturated/α-hetero) is 1. The predicted molar refractivity (Wildman–Crippen MR) is 139 cm³/mol. The fourth-order valence-corrected chi connectivity index (χ4v) is 4.73. The number of aromatic amines is 1. The Morgan fingerprint density at radius 2 is 1.78 bits per heavy atom. The number of hydrogen-bond acceptors (Lipinski definition) is 4. The van der Waals surface area contributed by atoms with E-state index >= 15 is 0 Å². The van der Waals surface area contributed by atoms with Gasteiger partial charge in [-0.2, -0.15) is 0 Å². The fraction of sp³-hybridized carbons (Fsp3) is 0.241. The summed E-state index contributed by atoms with van der Waals surface area (Å²) in [4.78, 5) is 46.9. The van der Waals surface area contributed by atoms with Crippen LogP contribution in [0.1, 0.15) is 31.0 Å². The highest BCUT2D eigenvalue weighted by Crippen LogP contribution is 2.26. The van der Waals surface area contributed by atoms with Gasteiger partial charge in [0, 0.05) is 30.0 Å². The third-order valence-electron chi connectivity index (χ3n) is 6.50. The van der Waals surface area contributed by atoms with Gasteiger partial charge in [0.2, 0.25) is 11.8 Å². The molecule has 182 valence electrons. The Balaban J connectivity index is 1.25. The molecule has 2 aromatic heterocycles. The maximum absolute atomic E-state index is 13.0. The molecule has 1 aliphatic rings. The summed E-state index contributed by atoms with van der Waals surface area (Å²) in [5, 5.41) is 2.98. The SMILES string of the molecule is CC(=O)Cc1ccc2[nH]c(-c3ccc(NC(=O)[C@@H]4CCCN4C(=O)Cc4ccccc4)cc3)cc2n1. The predicted octanol–water partition coefficient (Wildman–Crippen LogP) is 4.53. The molecule has 2 aromatic carbocycles. The van der Waals surface area contributed by atoms with Gasteiger partial charge in [-0.1, -0.05) is 42.5 Å². The summed E-state index contributed by atoms with van der Waals surface area (Å²) in [7, 11) is 0. The van der Waals surface area contributed by atoms with E-state index in [9.17, 15) is 14.4 Å². The van der Waals surface area contributed by atoms with Crippen LogP contribution >= 0.6 is 0 Å². The van der Waals surface area contributed by atoms with Crippen LogP contribution in [0.4, 0.5) is 5.69 Å². The number of carbonyl (C=O) groups is 3. The number of H-pyrrole nitrogens is 1. The molecule has 5 rings (SSSR count). The summed E-state index contributed by atoms with van der Waals surface area (Å²) in [5.74, 6) is -0.0981. The molecule has 3 heterocycles. The maximum atomic E-state index is 13.0. The second-order valence-electron chi connectivity index (χ2n) is 9.27. The molecular weight excluding hydrogens is 452 g/mol. The quantitative estimate of drug-likeness (QED) is 0.406. The molecule has 0 spiro atoms. The van der Waals surface area contributed by atoms with Crippen molar-refractivity contribution < 1.29 is 14.4 Å². The number of nitrogens with zero attached hydrogens (tertiary/aromatic N) is 2. The van der Waals surface area contributed by atoms with Crippen molar-refractivity contribution in [2.24, 2.45) is 0 Å². The molecule has 7 heteroatoms. The summed E-state index contributed by atoms with van der Waals surface area (Å²) in [6.07, 6.45) is 2.11. The molecule has 2 amide bonds.